The van der Waals surface area contributed by atoms with Crippen LogP contribution in [0.2, 0.25) is 0 Å². The normalized spacial score (nSPS) is 10.7. The molecule has 7 nitrogen and oxygen atoms in total. The van der Waals surface area contributed by atoms with Gasteiger partial charge in [0, 0.05) is 6.20 Å². The van der Waals surface area contributed by atoms with Crippen molar-refractivity contribution < 1.29 is 10.0 Å². The Morgan fingerprint density at radius 3 is 2.60 bits per heavy atom. The van der Waals surface area contributed by atoms with Gasteiger partial charge in [0.05, 0.1) is 22.7 Å². The van der Waals surface area contributed by atoms with Crippen LogP contribution in [-0.2, 0) is 0 Å². The third kappa shape index (κ3) is 2.17. The second-order valence-electron chi connectivity index (χ2n) is 4.13. The van der Waals surface area contributed by atoms with E-state index in [-0.39, 0.29) is 17.0 Å². The largest absolute Gasteiger partial charge is 0.509 e. The molecule has 0 aliphatic carbocycles. The van der Waals surface area contributed by atoms with Gasteiger partial charge in [-0.05, 0) is 12.1 Å². The minimum atomic E-state index is -1.68. The van der Waals surface area contributed by atoms with Gasteiger partial charge in [0.15, 0.2) is 5.82 Å². The molecule has 98 valence electrons. The highest BCUT2D eigenvalue weighted by molar-refractivity contribution is 6.57. The van der Waals surface area contributed by atoms with E-state index in [2.05, 4.69) is 19.9 Å². The van der Waals surface area contributed by atoms with Crippen molar-refractivity contribution in [3.8, 4) is 11.5 Å². The lowest BCUT2D eigenvalue weighted by Gasteiger charge is -2.03. The minimum absolute atomic E-state index is 0.0249. The zero-order valence-corrected chi connectivity index (χ0v) is 10.2. The van der Waals surface area contributed by atoms with Crippen molar-refractivity contribution >= 4 is 23.6 Å². The van der Waals surface area contributed by atoms with E-state index in [0.717, 1.165) is 0 Å². The van der Waals surface area contributed by atoms with Gasteiger partial charge in [-0.3, -0.25) is 14.8 Å². The summed E-state index contributed by atoms with van der Waals surface area (Å²) in [4.78, 5) is 26.7. The molecule has 20 heavy (non-hydrogen) atoms. The number of nitrogens with one attached hydrogen (secondary N) is 1. The molecule has 2 aromatic heterocycles. The SMILES string of the molecule is O=c1[nH]c(-c2cnc(B(O)O)cn2)nc2ccccc12. The number of benzene rings is 1. The molecular weight excluding hydrogens is 259 g/mol. The Balaban J connectivity index is 2.12. The van der Waals surface area contributed by atoms with E-state index in [4.69, 9.17) is 10.0 Å². The van der Waals surface area contributed by atoms with E-state index >= 15 is 0 Å². The molecule has 0 fully saturated rings. The van der Waals surface area contributed by atoms with E-state index in [1.54, 1.807) is 24.3 Å². The number of nitrogens with zero attached hydrogens (tertiary/aromatic N) is 3. The molecule has 0 saturated carbocycles. The average Bonchev–Trinajstić information content (AvgIpc) is 2.47. The smallest absolute Gasteiger partial charge is 0.422 e. The van der Waals surface area contributed by atoms with Crippen LogP contribution >= 0.6 is 0 Å². The molecule has 0 aliphatic rings. The van der Waals surface area contributed by atoms with Crippen LogP contribution in [0.15, 0.2) is 41.5 Å². The number of H-pyrrole nitrogens is 1. The van der Waals surface area contributed by atoms with Gasteiger partial charge in [0.25, 0.3) is 5.56 Å². The lowest BCUT2D eigenvalue weighted by molar-refractivity contribution is 0.424. The van der Waals surface area contributed by atoms with Gasteiger partial charge in [-0.2, -0.15) is 0 Å². The fourth-order valence-corrected chi connectivity index (χ4v) is 1.80. The van der Waals surface area contributed by atoms with Gasteiger partial charge in [0.2, 0.25) is 0 Å². The lowest BCUT2D eigenvalue weighted by atomic mass is 9.87. The first-order valence-corrected chi connectivity index (χ1v) is 5.82. The topological polar surface area (TPSA) is 112 Å². The van der Waals surface area contributed by atoms with Crippen molar-refractivity contribution in [2.75, 3.05) is 0 Å². The molecule has 3 rings (SSSR count). The van der Waals surface area contributed by atoms with E-state index in [0.29, 0.717) is 16.6 Å². The van der Waals surface area contributed by atoms with Crippen LogP contribution in [0.3, 0.4) is 0 Å². The van der Waals surface area contributed by atoms with Crippen molar-refractivity contribution in [2.24, 2.45) is 0 Å². The highest BCUT2D eigenvalue weighted by Gasteiger charge is 2.14. The molecule has 0 atom stereocenters. The van der Waals surface area contributed by atoms with E-state index in [9.17, 15) is 4.79 Å². The lowest BCUT2D eigenvalue weighted by Crippen LogP contribution is -2.33. The van der Waals surface area contributed by atoms with Crippen molar-refractivity contribution in [2.45, 2.75) is 0 Å². The summed E-state index contributed by atoms with van der Waals surface area (Å²) in [5, 5.41) is 18.4. The Morgan fingerprint density at radius 1 is 1.10 bits per heavy atom. The molecule has 3 aromatic rings. The molecule has 0 amide bonds. The van der Waals surface area contributed by atoms with Crippen molar-refractivity contribution in [1.82, 2.24) is 19.9 Å². The molecule has 2 heterocycles. The third-order valence-electron chi connectivity index (χ3n) is 2.79. The fourth-order valence-electron chi connectivity index (χ4n) is 1.80. The first-order valence-electron chi connectivity index (χ1n) is 5.82. The minimum Gasteiger partial charge on any atom is -0.422 e. The van der Waals surface area contributed by atoms with Gasteiger partial charge in [0.1, 0.15) is 5.69 Å². The number of aromatic nitrogens is 4. The van der Waals surface area contributed by atoms with E-state index < -0.39 is 7.12 Å². The summed E-state index contributed by atoms with van der Waals surface area (Å²) >= 11 is 0. The summed E-state index contributed by atoms with van der Waals surface area (Å²) in [6.07, 6.45) is 2.54. The molecule has 0 saturated heterocycles. The summed E-state index contributed by atoms with van der Waals surface area (Å²) in [5.74, 6) is 0.278. The Labute approximate surface area is 113 Å². The second-order valence-corrected chi connectivity index (χ2v) is 4.13. The fraction of sp³-hybridized carbons (Fsp3) is 0. The number of aromatic amines is 1. The van der Waals surface area contributed by atoms with Crippen LogP contribution in [0.1, 0.15) is 0 Å². The number of rotatable bonds is 2. The van der Waals surface area contributed by atoms with Crippen LogP contribution in [-0.4, -0.2) is 37.1 Å². The van der Waals surface area contributed by atoms with Gasteiger partial charge in [-0.15, -0.1) is 0 Å². The summed E-state index contributed by atoms with van der Waals surface area (Å²) in [7, 11) is -1.68. The number of hydrogen-bond acceptors (Lipinski definition) is 6. The van der Waals surface area contributed by atoms with Gasteiger partial charge in [-0.1, -0.05) is 12.1 Å². The van der Waals surface area contributed by atoms with E-state index in [1.165, 1.54) is 12.4 Å². The van der Waals surface area contributed by atoms with Crippen LogP contribution in [0.25, 0.3) is 22.4 Å². The van der Waals surface area contributed by atoms with Crippen LogP contribution in [0.4, 0.5) is 0 Å². The predicted octanol–water partition coefficient (Wildman–Crippen LogP) is -0.940. The summed E-state index contributed by atoms with van der Waals surface area (Å²) in [6.45, 7) is 0. The van der Waals surface area contributed by atoms with Crippen LogP contribution in [0.5, 0.6) is 0 Å². The monoisotopic (exact) mass is 268 g/mol. The Bertz CT molecular complexity index is 817. The molecule has 3 N–H and O–H groups in total. The Morgan fingerprint density at radius 2 is 1.90 bits per heavy atom. The molecule has 0 unspecified atom stereocenters. The highest BCUT2D eigenvalue weighted by atomic mass is 16.4. The first kappa shape index (κ1) is 12.5. The van der Waals surface area contributed by atoms with Crippen LogP contribution in [0, 0.1) is 0 Å². The average molecular weight is 268 g/mol. The number of fused-ring (bicyclic) bond motifs is 1. The maximum Gasteiger partial charge on any atom is 0.509 e. The molecule has 0 bridgehead atoms. The summed E-state index contributed by atoms with van der Waals surface area (Å²) in [6, 6.07) is 6.96. The molecule has 0 radical (unpaired) electrons. The van der Waals surface area contributed by atoms with Crippen LogP contribution < -0.4 is 11.2 Å². The van der Waals surface area contributed by atoms with Gasteiger partial charge in [-0.25, -0.2) is 4.98 Å². The summed E-state index contributed by atoms with van der Waals surface area (Å²) in [5.41, 5.74) is 0.659. The second kappa shape index (κ2) is 4.84. The quantitative estimate of drug-likeness (QED) is 0.517. The third-order valence-corrected chi connectivity index (χ3v) is 2.79. The van der Waals surface area contributed by atoms with E-state index in [1.807, 2.05) is 0 Å². The highest BCUT2D eigenvalue weighted by Crippen LogP contribution is 2.12. The van der Waals surface area contributed by atoms with Gasteiger partial charge < -0.3 is 15.0 Å². The zero-order valence-electron chi connectivity index (χ0n) is 10.2. The number of para-hydroxylation sites is 1. The number of hydrogen-bond donors (Lipinski definition) is 3. The molecule has 0 spiro atoms. The van der Waals surface area contributed by atoms with Crippen molar-refractivity contribution in [1.29, 1.82) is 0 Å². The zero-order chi connectivity index (χ0) is 14.1. The van der Waals surface area contributed by atoms with Crippen molar-refractivity contribution in [3.05, 3.63) is 47.0 Å². The molecule has 1 aromatic carbocycles. The molecule has 0 aliphatic heterocycles. The molecule has 8 heteroatoms. The Hall–Kier alpha value is -2.58. The maximum atomic E-state index is 11.9. The predicted molar refractivity (Wildman–Crippen MR) is 73.2 cm³/mol. The summed E-state index contributed by atoms with van der Waals surface area (Å²) < 4.78 is 0. The standard InChI is InChI=1S/C12H9BN4O3/c18-12-7-3-1-2-4-8(7)16-11(17-12)9-5-15-10(6-14-9)13(19)20/h1-6,19-20H,(H,16,17,18). The van der Waals surface area contributed by atoms with Gasteiger partial charge >= 0.3 is 7.12 Å². The Kier molecular flexibility index (Phi) is 3.01. The maximum absolute atomic E-state index is 11.9. The van der Waals surface area contributed by atoms with Crippen molar-refractivity contribution in [3.63, 3.8) is 0 Å². The molecular formula is C12H9BN4O3. The first-order chi connectivity index (χ1) is 9.65.